The number of hydrogen-bond acceptors (Lipinski definition) is 6. The number of amides is 1. The Morgan fingerprint density at radius 1 is 1.03 bits per heavy atom. The smallest absolute Gasteiger partial charge is 0.296 e. The van der Waals surface area contributed by atoms with Gasteiger partial charge in [0, 0.05) is 9.13 Å². The van der Waals surface area contributed by atoms with Gasteiger partial charge in [0.1, 0.15) is 24.7 Å². The quantitative estimate of drug-likeness (QED) is 0.229. The lowest BCUT2D eigenvalue weighted by Crippen LogP contribution is -2.29. The molecule has 1 N–H and O–H groups in total. The zero-order chi connectivity index (χ0) is 22.2. The van der Waals surface area contributed by atoms with Crippen molar-refractivity contribution in [3.63, 3.8) is 0 Å². The van der Waals surface area contributed by atoms with Crippen molar-refractivity contribution >= 4 is 40.0 Å². The molecule has 2 aromatic carbocycles. The molecule has 0 radical (unpaired) electrons. The van der Waals surface area contributed by atoms with E-state index in [1.807, 2.05) is 24.3 Å². The summed E-state index contributed by atoms with van der Waals surface area (Å²) >= 11 is 2.19. The average molecular weight is 543 g/mol. The second kappa shape index (κ2) is 8.34. The molecule has 8 heteroatoms. The summed E-state index contributed by atoms with van der Waals surface area (Å²) in [5.41, 5.74) is 1.12. The summed E-state index contributed by atoms with van der Waals surface area (Å²) in [6, 6.07) is 15.1. The number of aliphatic hydroxyl groups excluding tert-OH is 1. The van der Waals surface area contributed by atoms with Gasteiger partial charge in [-0.3, -0.25) is 9.59 Å². The Morgan fingerprint density at radius 2 is 1.78 bits per heavy atom. The van der Waals surface area contributed by atoms with E-state index in [-0.39, 0.29) is 17.9 Å². The first kappa shape index (κ1) is 20.6. The first-order valence-corrected chi connectivity index (χ1v) is 11.1. The maximum absolute atomic E-state index is 13.1. The van der Waals surface area contributed by atoms with Crippen LogP contribution >= 0.6 is 22.6 Å². The normalized spacial score (nSPS) is 19.4. The summed E-state index contributed by atoms with van der Waals surface area (Å²) in [5, 5.41) is 11.2. The molecule has 5 rings (SSSR count). The van der Waals surface area contributed by atoms with E-state index in [4.69, 9.17) is 13.9 Å². The lowest BCUT2D eigenvalue weighted by molar-refractivity contribution is -0.140. The van der Waals surface area contributed by atoms with Crippen LogP contribution in [-0.2, 0) is 16.1 Å². The van der Waals surface area contributed by atoms with Crippen molar-refractivity contribution < 1.29 is 28.6 Å². The molecule has 2 aliphatic heterocycles. The zero-order valence-electron chi connectivity index (χ0n) is 16.8. The van der Waals surface area contributed by atoms with Gasteiger partial charge in [-0.2, -0.15) is 0 Å². The molecule has 162 valence electrons. The second-order valence-electron chi connectivity index (χ2n) is 7.42. The molecule has 1 unspecified atom stereocenters. The fraction of sp³-hybridized carbons (Fsp3) is 0.167. The van der Waals surface area contributed by atoms with Crippen LogP contribution in [0.3, 0.4) is 0 Å². The van der Waals surface area contributed by atoms with E-state index in [0.29, 0.717) is 36.0 Å². The van der Waals surface area contributed by atoms with Gasteiger partial charge in [0.25, 0.3) is 11.7 Å². The summed E-state index contributed by atoms with van der Waals surface area (Å²) in [6.45, 7) is 0.947. The fourth-order valence-electron chi connectivity index (χ4n) is 3.95. The van der Waals surface area contributed by atoms with E-state index in [1.54, 1.807) is 30.3 Å². The third-order valence-electron chi connectivity index (χ3n) is 5.45. The summed E-state index contributed by atoms with van der Waals surface area (Å²) < 4.78 is 17.6. The molecule has 3 heterocycles. The maximum Gasteiger partial charge on any atom is 0.296 e. The van der Waals surface area contributed by atoms with Gasteiger partial charge in [-0.05, 0) is 70.6 Å². The van der Waals surface area contributed by atoms with Crippen molar-refractivity contribution in [3.05, 3.63) is 86.9 Å². The highest BCUT2D eigenvalue weighted by Crippen LogP contribution is 2.41. The van der Waals surface area contributed by atoms with Gasteiger partial charge in [0.15, 0.2) is 11.5 Å². The highest BCUT2D eigenvalue weighted by Gasteiger charge is 2.46. The van der Waals surface area contributed by atoms with Crippen molar-refractivity contribution in [2.45, 2.75) is 12.6 Å². The molecule has 0 saturated carbocycles. The van der Waals surface area contributed by atoms with Gasteiger partial charge >= 0.3 is 0 Å². The lowest BCUT2D eigenvalue weighted by Gasteiger charge is -2.24. The van der Waals surface area contributed by atoms with Crippen LogP contribution in [0, 0.1) is 3.57 Å². The fourth-order valence-corrected chi connectivity index (χ4v) is 4.31. The van der Waals surface area contributed by atoms with E-state index in [2.05, 4.69) is 22.6 Å². The number of Topliss-reactive ketones (excluding diaryl/α,β-unsaturated/α-hetero) is 1. The number of ketones is 1. The van der Waals surface area contributed by atoms with Crippen LogP contribution in [0.5, 0.6) is 11.5 Å². The summed E-state index contributed by atoms with van der Waals surface area (Å²) in [4.78, 5) is 27.5. The van der Waals surface area contributed by atoms with Crippen molar-refractivity contribution in [1.82, 2.24) is 4.90 Å². The minimum absolute atomic E-state index is 0.0273. The summed E-state index contributed by atoms with van der Waals surface area (Å²) in [6.07, 6.45) is 1.51. The van der Waals surface area contributed by atoms with E-state index in [1.165, 1.54) is 11.2 Å². The maximum atomic E-state index is 13.1. The highest BCUT2D eigenvalue weighted by atomic mass is 127. The van der Waals surface area contributed by atoms with Crippen LogP contribution in [0.4, 0.5) is 0 Å². The number of benzene rings is 2. The van der Waals surface area contributed by atoms with Crippen molar-refractivity contribution in [2.75, 3.05) is 13.2 Å². The monoisotopic (exact) mass is 543 g/mol. The second-order valence-corrected chi connectivity index (χ2v) is 8.66. The topological polar surface area (TPSA) is 89.2 Å². The van der Waals surface area contributed by atoms with Gasteiger partial charge in [-0.15, -0.1) is 0 Å². The van der Waals surface area contributed by atoms with Gasteiger partial charge in [0.2, 0.25) is 0 Å². The molecule has 7 nitrogen and oxygen atoms in total. The number of nitrogens with zero attached hydrogens (tertiary/aromatic N) is 1. The SMILES string of the molecule is O=C1C(=O)N(Cc2ccco2)C(c2ccc(I)cc2)C1=C(O)c1ccc2c(c1)OCCO2. The van der Waals surface area contributed by atoms with Crippen molar-refractivity contribution in [1.29, 1.82) is 0 Å². The van der Waals surface area contributed by atoms with Crippen LogP contribution in [-0.4, -0.2) is 34.9 Å². The van der Waals surface area contributed by atoms with Gasteiger partial charge in [-0.25, -0.2) is 0 Å². The molecule has 1 amide bonds. The number of carbonyl (C=O) groups excluding carboxylic acids is 2. The average Bonchev–Trinajstić information content (AvgIpc) is 3.41. The Morgan fingerprint density at radius 3 is 2.50 bits per heavy atom. The van der Waals surface area contributed by atoms with Crippen LogP contribution in [0.1, 0.15) is 22.9 Å². The molecule has 1 atom stereocenters. The predicted octanol–water partition coefficient (Wildman–Crippen LogP) is 4.28. The first-order chi connectivity index (χ1) is 15.5. The van der Waals surface area contributed by atoms with Crippen molar-refractivity contribution in [2.24, 2.45) is 0 Å². The number of ether oxygens (including phenoxy) is 2. The number of likely N-dealkylation sites (tertiary alicyclic amines) is 1. The minimum atomic E-state index is -0.759. The Balaban J connectivity index is 1.63. The summed E-state index contributed by atoms with van der Waals surface area (Å²) in [7, 11) is 0. The van der Waals surface area contributed by atoms with E-state index in [0.717, 1.165) is 9.13 Å². The van der Waals surface area contributed by atoms with Crippen LogP contribution in [0.15, 0.2) is 70.9 Å². The molecule has 32 heavy (non-hydrogen) atoms. The number of fused-ring (bicyclic) bond motifs is 1. The molecule has 0 aliphatic carbocycles. The Bertz CT molecular complexity index is 1220. The Labute approximate surface area is 197 Å². The lowest BCUT2D eigenvalue weighted by atomic mass is 9.95. The third-order valence-corrected chi connectivity index (χ3v) is 6.17. The molecule has 1 fully saturated rings. The van der Waals surface area contributed by atoms with Gasteiger partial charge < -0.3 is 23.9 Å². The van der Waals surface area contributed by atoms with Crippen molar-refractivity contribution in [3.8, 4) is 11.5 Å². The van der Waals surface area contributed by atoms with Crippen LogP contribution in [0.2, 0.25) is 0 Å². The van der Waals surface area contributed by atoms with E-state index < -0.39 is 17.7 Å². The molecule has 1 aromatic heterocycles. The molecule has 2 aliphatic rings. The van der Waals surface area contributed by atoms with E-state index >= 15 is 0 Å². The Hall–Kier alpha value is -3.27. The Kier molecular flexibility index (Phi) is 5.38. The largest absolute Gasteiger partial charge is 0.507 e. The molecule has 3 aromatic rings. The molecular formula is C24H18INO6. The number of furan rings is 1. The standard InChI is InChI=1S/C24H18INO6/c25-16-6-3-14(4-7-16)21-20(23(28)24(29)26(21)13-17-2-1-9-30-17)22(27)15-5-8-18-19(12-15)32-11-10-31-18/h1-9,12,21,27H,10-11,13H2. The highest BCUT2D eigenvalue weighted by molar-refractivity contribution is 14.1. The first-order valence-electron chi connectivity index (χ1n) is 9.99. The molecular weight excluding hydrogens is 525 g/mol. The minimum Gasteiger partial charge on any atom is -0.507 e. The number of halogens is 1. The number of carbonyl (C=O) groups is 2. The number of hydrogen-bond donors (Lipinski definition) is 1. The van der Waals surface area contributed by atoms with Crippen LogP contribution in [0.25, 0.3) is 5.76 Å². The number of rotatable bonds is 4. The molecule has 1 saturated heterocycles. The third kappa shape index (κ3) is 3.64. The molecule has 0 bridgehead atoms. The molecule has 0 spiro atoms. The van der Waals surface area contributed by atoms with E-state index in [9.17, 15) is 14.7 Å². The summed E-state index contributed by atoms with van der Waals surface area (Å²) in [5.74, 6) is -0.0970. The number of aliphatic hydroxyl groups is 1. The van der Waals surface area contributed by atoms with Crippen LogP contribution < -0.4 is 9.47 Å². The van der Waals surface area contributed by atoms with Gasteiger partial charge in [-0.1, -0.05) is 12.1 Å². The zero-order valence-corrected chi connectivity index (χ0v) is 18.9. The predicted molar refractivity (Wildman–Crippen MR) is 123 cm³/mol. The van der Waals surface area contributed by atoms with Gasteiger partial charge in [0.05, 0.1) is 24.4 Å².